The molecule has 128 valence electrons. The summed E-state index contributed by atoms with van der Waals surface area (Å²) < 4.78 is 5.05. The van der Waals surface area contributed by atoms with Gasteiger partial charge in [0.15, 0.2) is 5.82 Å². The molecule has 0 N–H and O–H groups in total. The molecule has 1 atom stereocenters. The van der Waals surface area contributed by atoms with Gasteiger partial charge in [-0.2, -0.15) is 4.98 Å². The standard InChI is InChI=1S/C18H24N4O2/c1-3-16-12-21(13-17-19-14(2)24-20-17)10-9-18(23)22(16)11-15-7-5-4-6-8-15/h4-8,16H,3,9-13H2,1-2H3/t16-/m0/s1. The third-order valence-corrected chi connectivity index (χ3v) is 4.47. The number of carbonyl (C=O) groups excluding carboxylic acids is 1. The molecule has 0 saturated carbocycles. The number of hydrogen-bond acceptors (Lipinski definition) is 5. The Hall–Kier alpha value is -2.21. The van der Waals surface area contributed by atoms with E-state index >= 15 is 0 Å². The summed E-state index contributed by atoms with van der Waals surface area (Å²) in [5.41, 5.74) is 1.17. The molecular formula is C18H24N4O2. The van der Waals surface area contributed by atoms with Crippen LogP contribution >= 0.6 is 0 Å². The zero-order valence-electron chi connectivity index (χ0n) is 14.3. The molecule has 1 aliphatic rings. The Morgan fingerprint density at radius 2 is 2.04 bits per heavy atom. The van der Waals surface area contributed by atoms with E-state index in [1.807, 2.05) is 23.1 Å². The van der Waals surface area contributed by atoms with Crippen LogP contribution < -0.4 is 0 Å². The van der Waals surface area contributed by atoms with Crippen molar-refractivity contribution in [2.75, 3.05) is 13.1 Å². The minimum absolute atomic E-state index is 0.202. The third-order valence-electron chi connectivity index (χ3n) is 4.47. The fourth-order valence-electron chi connectivity index (χ4n) is 3.18. The van der Waals surface area contributed by atoms with Crippen molar-refractivity contribution in [1.82, 2.24) is 19.9 Å². The van der Waals surface area contributed by atoms with Crippen molar-refractivity contribution in [1.29, 1.82) is 0 Å². The Kier molecular flexibility index (Phi) is 5.25. The van der Waals surface area contributed by atoms with Gasteiger partial charge in [0.1, 0.15) is 0 Å². The van der Waals surface area contributed by atoms with Gasteiger partial charge in [-0.3, -0.25) is 9.69 Å². The van der Waals surface area contributed by atoms with Gasteiger partial charge < -0.3 is 9.42 Å². The van der Waals surface area contributed by atoms with E-state index in [2.05, 4.69) is 34.1 Å². The summed E-state index contributed by atoms with van der Waals surface area (Å²) in [5, 5.41) is 3.97. The number of amides is 1. The summed E-state index contributed by atoms with van der Waals surface area (Å²) in [6.07, 6.45) is 1.46. The van der Waals surface area contributed by atoms with Crippen molar-refractivity contribution in [3.05, 3.63) is 47.6 Å². The van der Waals surface area contributed by atoms with Crippen molar-refractivity contribution in [2.24, 2.45) is 0 Å². The molecule has 0 spiro atoms. The SMILES string of the molecule is CC[C@H]1CN(Cc2noc(C)n2)CCC(=O)N1Cc1ccccc1. The molecule has 2 aromatic rings. The highest BCUT2D eigenvalue weighted by Gasteiger charge is 2.29. The third kappa shape index (κ3) is 4.00. The zero-order chi connectivity index (χ0) is 16.9. The Labute approximate surface area is 142 Å². The molecule has 0 aliphatic carbocycles. The summed E-state index contributed by atoms with van der Waals surface area (Å²) in [7, 11) is 0. The average molecular weight is 328 g/mol. The molecular weight excluding hydrogens is 304 g/mol. The first-order chi connectivity index (χ1) is 11.7. The van der Waals surface area contributed by atoms with Gasteiger partial charge in [-0.15, -0.1) is 0 Å². The van der Waals surface area contributed by atoms with Crippen LogP contribution in [0.5, 0.6) is 0 Å². The molecule has 24 heavy (non-hydrogen) atoms. The largest absolute Gasteiger partial charge is 0.340 e. The average Bonchev–Trinajstić information content (AvgIpc) is 2.94. The second kappa shape index (κ2) is 7.57. The summed E-state index contributed by atoms with van der Waals surface area (Å²) in [5.74, 6) is 1.48. The lowest BCUT2D eigenvalue weighted by molar-refractivity contribution is -0.133. The van der Waals surface area contributed by atoms with Crippen LogP contribution in [0.3, 0.4) is 0 Å². The van der Waals surface area contributed by atoms with Gasteiger partial charge in [-0.05, 0) is 12.0 Å². The van der Waals surface area contributed by atoms with Crippen LogP contribution in [0.25, 0.3) is 0 Å². The van der Waals surface area contributed by atoms with Gasteiger partial charge >= 0.3 is 0 Å². The molecule has 0 unspecified atom stereocenters. The maximum atomic E-state index is 12.6. The summed E-state index contributed by atoms with van der Waals surface area (Å²) in [4.78, 5) is 21.2. The van der Waals surface area contributed by atoms with E-state index in [4.69, 9.17) is 4.52 Å². The first kappa shape index (κ1) is 16.6. The van der Waals surface area contributed by atoms with Crippen LogP contribution in [0.15, 0.2) is 34.9 Å². The highest BCUT2D eigenvalue weighted by atomic mass is 16.5. The topological polar surface area (TPSA) is 62.5 Å². The Morgan fingerprint density at radius 3 is 2.71 bits per heavy atom. The Morgan fingerprint density at radius 1 is 1.25 bits per heavy atom. The van der Waals surface area contributed by atoms with Gasteiger partial charge in [-0.1, -0.05) is 42.4 Å². The molecule has 6 nitrogen and oxygen atoms in total. The van der Waals surface area contributed by atoms with E-state index in [0.717, 1.165) is 19.5 Å². The molecule has 0 bridgehead atoms. The summed E-state index contributed by atoms with van der Waals surface area (Å²) in [6.45, 7) is 6.79. The highest BCUT2D eigenvalue weighted by Crippen LogP contribution is 2.18. The summed E-state index contributed by atoms with van der Waals surface area (Å²) in [6, 6.07) is 10.4. The van der Waals surface area contributed by atoms with Crippen LogP contribution in [0, 0.1) is 6.92 Å². The van der Waals surface area contributed by atoms with Crippen LogP contribution in [0.1, 0.15) is 37.0 Å². The van der Waals surface area contributed by atoms with Gasteiger partial charge in [0.2, 0.25) is 11.8 Å². The van der Waals surface area contributed by atoms with E-state index in [1.54, 1.807) is 6.92 Å². The van der Waals surface area contributed by atoms with Crippen molar-refractivity contribution in [3.63, 3.8) is 0 Å². The summed E-state index contributed by atoms with van der Waals surface area (Å²) >= 11 is 0. The van der Waals surface area contributed by atoms with E-state index in [0.29, 0.717) is 31.2 Å². The molecule has 0 radical (unpaired) electrons. The number of carbonyl (C=O) groups is 1. The van der Waals surface area contributed by atoms with Crippen molar-refractivity contribution in [3.8, 4) is 0 Å². The molecule has 2 heterocycles. The second-order valence-electron chi connectivity index (χ2n) is 6.28. The normalized spacial score (nSPS) is 19.5. The lowest BCUT2D eigenvalue weighted by Crippen LogP contribution is -2.42. The number of aryl methyl sites for hydroxylation is 1. The second-order valence-corrected chi connectivity index (χ2v) is 6.28. The number of rotatable bonds is 5. The van der Waals surface area contributed by atoms with Crippen LogP contribution in [0.2, 0.25) is 0 Å². The van der Waals surface area contributed by atoms with E-state index in [-0.39, 0.29) is 11.9 Å². The quantitative estimate of drug-likeness (QED) is 0.843. The highest BCUT2D eigenvalue weighted by molar-refractivity contribution is 5.77. The lowest BCUT2D eigenvalue weighted by Gasteiger charge is -2.31. The molecule has 1 aliphatic heterocycles. The van der Waals surface area contributed by atoms with Gasteiger partial charge in [0, 0.05) is 39.0 Å². The van der Waals surface area contributed by atoms with E-state index < -0.39 is 0 Å². The first-order valence-corrected chi connectivity index (χ1v) is 8.50. The van der Waals surface area contributed by atoms with Crippen LogP contribution in [-0.4, -0.2) is 45.0 Å². The van der Waals surface area contributed by atoms with Crippen molar-refractivity contribution >= 4 is 5.91 Å². The molecule has 1 aromatic carbocycles. The number of hydrogen-bond donors (Lipinski definition) is 0. The minimum atomic E-state index is 0.202. The fourth-order valence-corrected chi connectivity index (χ4v) is 3.18. The molecule has 3 rings (SSSR count). The lowest BCUT2D eigenvalue weighted by atomic mass is 10.1. The molecule has 1 aromatic heterocycles. The first-order valence-electron chi connectivity index (χ1n) is 8.50. The number of benzene rings is 1. The zero-order valence-corrected chi connectivity index (χ0v) is 14.3. The van der Waals surface area contributed by atoms with Gasteiger partial charge in [0.25, 0.3) is 0 Å². The van der Waals surface area contributed by atoms with Crippen LogP contribution in [-0.2, 0) is 17.9 Å². The minimum Gasteiger partial charge on any atom is -0.340 e. The molecule has 6 heteroatoms. The van der Waals surface area contributed by atoms with E-state index in [9.17, 15) is 4.79 Å². The maximum absolute atomic E-state index is 12.6. The Bertz CT molecular complexity index is 671. The monoisotopic (exact) mass is 328 g/mol. The predicted molar refractivity (Wildman–Crippen MR) is 90.0 cm³/mol. The molecule has 1 saturated heterocycles. The van der Waals surface area contributed by atoms with E-state index in [1.165, 1.54) is 5.56 Å². The molecule has 1 fully saturated rings. The van der Waals surface area contributed by atoms with Crippen molar-refractivity contribution < 1.29 is 9.32 Å². The maximum Gasteiger partial charge on any atom is 0.224 e. The van der Waals surface area contributed by atoms with Gasteiger partial charge in [0.05, 0.1) is 6.54 Å². The van der Waals surface area contributed by atoms with Crippen LogP contribution in [0.4, 0.5) is 0 Å². The van der Waals surface area contributed by atoms with Crippen molar-refractivity contribution in [2.45, 2.75) is 45.8 Å². The number of aromatic nitrogens is 2. The number of nitrogens with zero attached hydrogens (tertiary/aromatic N) is 4. The fraction of sp³-hybridized carbons (Fsp3) is 0.500. The van der Waals surface area contributed by atoms with Gasteiger partial charge in [-0.25, -0.2) is 0 Å². The predicted octanol–water partition coefficient (Wildman–Crippen LogP) is 2.39. The molecule has 1 amide bonds. The smallest absolute Gasteiger partial charge is 0.224 e. The Balaban J connectivity index is 1.71.